The Kier molecular flexibility index (Phi) is 5.02. The Morgan fingerprint density at radius 1 is 1.17 bits per heavy atom. The molecule has 0 aliphatic carbocycles. The molecule has 0 fully saturated rings. The molecule has 1 rings (SSSR count). The molecule has 0 radical (unpaired) electrons. The highest BCUT2D eigenvalue weighted by Gasteiger charge is 2.19. The van der Waals surface area contributed by atoms with Gasteiger partial charge in [-0.2, -0.15) is 0 Å². The summed E-state index contributed by atoms with van der Waals surface area (Å²) >= 11 is 3.61. The first-order valence-corrected chi connectivity index (χ1v) is 7.37. The van der Waals surface area contributed by atoms with Gasteiger partial charge in [0, 0.05) is 4.47 Å². The first kappa shape index (κ1) is 15.7. The zero-order valence-corrected chi connectivity index (χ0v) is 14.0. The van der Waals surface area contributed by atoms with Crippen molar-refractivity contribution in [1.82, 2.24) is 0 Å². The van der Waals surface area contributed by atoms with E-state index in [1.54, 1.807) is 0 Å². The van der Waals surface area contributed by atoms with Crippen LogP contribution in [0.4, 0.5) is 0 Å². The molecule has 1 unspecified atom stereocenters. The van der Waals surface area contributed by atoms with Crippen LogP contribution in [0.2, 0.25) is 0 Å². The minimum Gasteiger partial charge on any atom is -0.388 e. The SMILES string of the molecule is Cc1cc(C)c(C(O)CCC(C)(C)C)c(C)c1Br. The summed E-state index contributed by atoms with van der Waals surface area (Å²) in [6, 6.07) is 2.15. The van der Waals surface area contributed by atoms with E-state index in [2.05, 4.69) is 63.5 Å². The van der Waals surface area contributed by atoms with Crippen molar-refractivity contribution in [2.75, 3.05) is 0 Å². The van der Waals surface area contributed by atoms with Crippen molar-refractivity contribution < 1.29 is 5.11 Å². The lowest BCUT2D eigenvalue weighted by Gasteiger charge is -2.23. The van der Waals surface area contributed by atoms with Crippen molar-refractivity contribution in [3.05, 3.63) is 32.8 Å². The van der Waals surface area contributed by atoms with E-state index in [-0.39, 0.29) is 11.5 Å². The quantitative estimate of drug-likeness (QED) is 0.809. The Hall–Kier alpha value is -0.340. The van der Waals surface area contributed by atoms with Crippen LogP contribution >= 0.6 is 15.9 Å². The van der Waals surface area contributed by atoms with Crippen LogP contribution in [0.3, 0.4) is 0 Å². The van der Waals surface area contributed by atoms with Crippen LogP contribution in [-0.4, -0.2) is 5.11 Å². The average molecular weight is 313 g/mol. The molecule has 1 aromatic carbocycles. The number of aryl methyl sites for hydroxylation is 2. The van der Waals surface area contributed by atoms with Crippen LogP contribution < -0.4 is 0 Å². The van der Waals surface area contributed by atoms with Gasteiger partial charge in [0.15, 0.2) is 0 Å². The average Bonchev–Trinajstić information content (AvgIpc) is 2.22. The van der Waals surface area contributed by atoms with E-state index in [9.17, 15) is 5.11 Å². The van der Waals surface area contributed by atoms with Gasteiger partial charge in [-0.3, -0.25) is 0 Å². The maximum Gasteiger partial charge on any atom is 0.0795 e. The molecule has 0 saturated carbocycles. The molecule has 0 heterocycles. The summed E-state index contributed by atoms with van der Waals surface area (Å²) in [5.41, 5.74) is 4.96. The Morgan fingerprint density at radius 3 is 2.22 bits per heavy atom. The number of hydrogen-bond donors (Lipinski definition) is 1. The molecule has 0 spiro atoms. The highest BCUT2D eigenvalue weighted by molar-refractivity contribution is 9.10. The fourth-order valence-electron chi connectivity index (χ4n) is 2.40. The van der Waals surface area contributed by atoms with E-state index >= 15 is 0 Å². The fraction of sp³-hybridized carbons (Fsp3) is 0.625. The molecule has 2 heteroatoms. The van der Waals surface area contributed by atoms with Gasteiger partial charge in [0.05, 0.1) is 6.10 Å². The zero-order valence-electron chi connectivity index (χ0n) is 12.4. The summed E-state index contributed by atoms with van der Waals surface area (Å²) in [6.45, 7) is 12.9. The molecule has 1 aromatic rings. The lowest BCUT2D eigenvalue weighted by Crippen LogP contribution is -2.10. The van der Waals surface area contributed by atoms with Gasteiger partial charge in [-0.05, 0) is 61.3 Å². The molecule has 18 heavy (non-hydrogen) atoms. The summed E-state index contributed by atoms with van der Waals surface area (Å²) in [5, 5.41) is 10.4. The van der Waals surface area contributed by atoms with Gasteiger partial charge >= 0.3 is 0 Å². The van der Waals surface area contributed by atoms with Gasteiger partial charge in [-0.25, -0.2) is 0 Å². The number of benzene rings is 1. The van der Waals surface area contributed by atoms with Gasteiger partial charge in [0.25, 0.3) is 0 Å². The maximum absolute atomic E-state index is 10.4. The number of rotatable bonds is 3. The molecular weight excluding hydrogens is 288 g/mol. The van der Waals surface area contributed by atoms with Gasteiger partial charge < -0.3 is 5.11 Å². The molecule has 0 amide bonds. The Balaban J connectivity index is 2.99. The molecule has 1 nitrogen and oxygen atoms in total. The Morgan fingerprint density at radius 2 is 1.72 bits per heavy atom. The predicted molar refractivity (Wildman–Crippen MR) is 82.0 cm³/mol. The maximum atomic E-state index is 10.4. The van der Waals surface area contributed by atoms with Crippen LogP contribution in [0.5, 0.6) is 0 Å². The van der Waals surface area contributed by atoms with E-state index in [1.807, 2.05) is 0 Å². The molecular formula is C16H25BrO. The molecule has 0 aliphatic rings. The predicted octanol–water partition coefficient (Wildman–Crippen LogP) is 5.23. The van der Waals surface area contributed by atoms with Crippen molar-refractivity contribution in [3.63, 3.8) is 0 Å². The lowest BCUT2D eigenvalue weighted by molar-refractivity contribution is 0.146. The van der Waals surface area contributed by atoms with E-state index < -0.39 is 0 Å². The van der Waals surface area contributed by atoms with E-state index in [1.165, 1.54) is 16.7 Å². The molecule has 1 atom stereocenters. The minimum atomic E-state index is -0.360. The molecule has 0 aliphatic heterocycles. The van der Waals surface area contributed by atoms with E-state index in [0.717, 1.165) is 22.9 Å². The highest BCUT2D eigenvalue weighted by Crippen LogP contribution is 2.34. The first-order valence-electron chi connectivity index (χ1n) is 6.58. The standard InChI is InChI=1S/C16H25BrO/c1-10-9-11(2)15(17)12(3)14(10)13(18)7-8-16(4,5)6/h9,13,18H,7-8H2,1-6H3. The minimum absolute atomic E-state index is 0.269. The van der Waals surface area contributed by atoms with Crippen molar-refractivity contribution >= 4 is 15.9 Å². The molecule has 0 bridgehead atoms. The topological polar surface area (TPSA) is 20.2 Å². The number of halogens is 1. The molecule has 1 N–H and O–H groups in total. The number of aliphatic hydroxyl groups excluding tert-OH is 1. The number of hydrogen-bond acceptors (Lipinski definition) is 1. The van der Waals surface area contributed by atoms with Gasteiger partial charge in [-0.1, -0.05) is 42.8 Å². The van der Waals surface area contributed by atoms with Crippen molar-refractivity contribution in [2.45, 2.75) is 60.5 Å². The third kappa shape index (κ3) is 3.83. The van der Waals surface area contributed by atoms with Crippen molar-refractivity contribution in [3.8, 4) is 0 Å². The monoisotopic (exact) mass is 312 g/mol. The van der Waals surface area contributed by atoms with Gasteiger partial charge in [0.2, 0.25) is 0 Å². The molecule has 0 saturated heterocycles. The summed E-state index contributed by atoms with van der Waals surface area (Å²) in [5.74, 6) is 0. The van der Waals surface area contributed by atoms with Gasteiger partial charge in [-0.15, -0.1) is 0 Å². The first-order chi connectivity index (χ1) is 8.13. The summed E-state index contributed by atoms with van der Waals surface area (Å²) in [6.07, 6.45) is 1.49. The van der Waals surface area contributed by atoms with Crippen LogP contribution in [0.1, 0.15) is 62.0 Å². The molecule has 0 aromatic heterocycles. The van der Waals surface area contributed by atoms with Crippen LogP contribution in [-0.2, 0) is 0 Å². The summed E-state index contributed by atoms with van der Waals surface area (Å²) in [4.78, 5) is 0. The Bertz CT molecular complexity index is 430. The largest absolute Gasteiger partial charge is 0.388 e. The van der Waals surface area contributed by atoms with Crippen molar-refractivity contribution in [1.29, 1.82) is 0 Å². The van der Waals surface area contributed by atoms with Gasteiger partial charge in [0.1, 0.15) is 0 Å². The zero-order chi connectivity index (χ0) is 14.1. The van der Waals surface area contributed by atoms with E-state index in [0.29, 0.717) is 0 Å². The second-order valence-corrected chi connectivity index (χ2v) is 7.27. The normalized spacial score (nSPS) is 13.8. The second kappa shape index (κ2) is 5.75. The van der Waals surface area contributed by atoms with Crippen molar-refractivity contribution in [2.24, 2.45) is 5.41 Å². The summed E-state index contributed by atoms with van der Waals surface area (Å²) < 4.78 is 1.12. The fourth-order valence-corrected chi connectivity index (χ4v) is 2.73. The molecule has 102 valence electrons. The lowest BCUT2D eigenvalue weighted by atomic mass is 9.86. The highest BCUT2D eigenvalue weighted by atomic mass is 79.9. The van der Waals surface area contributed by atoms with Crippen LogP contribution in [0.15, 0.2) is 10.5 Å². The van der Waals surface area contributed by atoms with Crippen LogP contribution in [0.25, 0.3) is 0 Å². The third-order valence-corrected chi connectivity index (χ3v) is 4.66. The Labute approximate surface area is 120 Å². The smallest absolute Gasteiger partial charge is 0.0795 e. The number of aliphatic hydroxyl groups is 1. The summed E-state index contributed by atoms with van der Waals surface area (Å²) in [7, 11) is 0. The van der Waals surface area contributed by atoms with E-state index in [4.69, 9.17) is 0 Å². The van der Waals surface area contributed by atoms with Crippen LogP contribution in [0, 0.1) is 26.2 Å². The third-order valence-electron chi connectivity index (χ3n) is 3.44. The second-order valence-electron chi connectivity index (χ2n) is 6.48.